The molecule has 1 unspecified atom stereocenters. The van der Waals surface area contributed by atoms with E-state index in [1.807, 2.05) is 48.7 Å². The van der Waals surface area contributed by atoms with Crippen molar-refractivity contribution in [3.8, 4) is 0 Å². The minimum atomic E-state index is 0.176. The predicted octanol–water partition coefficient (Wildman–Crippen LogP) is 6.85. The van der Waals surface area contributed by atoms with Crippen LogP contribution in [0.4, 0.5) is 5.69 Å². The summed E-state index contributed by atoms with van der Waals surface area (Å²) < 4.78 is 0. The van der Waals surface area contributed by atoms with E-state index in [0.717, 1.165) is 59.0 Å². The first-order valence-corrected chi connectivity index (χ1v) is 12.0. The maximum absolute atomic E-state index is 6.48. The SMILES string of the molecule is Clc1ccc(C(c2ccc(Cl)cc2)N2CCN(CC3C=Nc4cccc(Cl)c43)CC2)cc1. The average molecular weight is 485 g/mol. The lowest BCUT2D eigenvalue weighted by Gasteiger charge is -2.40. The van der Waals surface area contributed by atoms with Crippen LogP contribution in [0.25, 0.3) is 0 Å². The highest BCUT2D eigenvalue weighted by atomic mass is 35.5. The molecule has 2 heterocycles. The summed E-state index contributed by atoms with van der Waals surface area (Å²) in [6, 6.07) is 22.5. The van der Waals surface area contributed by atoms with Crippen molar-refractivity contribution in [2.24, 2.45) is 4.99 Å². The van der Waals surface area contributed by atoms with E-state index in [9.17, 15) is 0 Å². The number of aliphatic imine (C=N–C) groups is 1. The lowest BCUT2D eigenvalue weighted by atomic mass is 9.96. The summed E-state index contributed by atoms with van der Waals surface area (Å²) >= 11 is 18.8. The molecule has 2 aliphatic heterocycles. The number of hydrogen-bond donors (Lipinski definition) is 0. The van der Waals surface area contributed by atoms with Crippen molar-refractivity contribution in [1.82, 2.24) is 9.80 Å². The Morgan fingerprint density at radius 2 is 1.38 bits per heavy atom. The van der Waals surface area contributed by atoms with Crippen molar-refractivity contribution in [1.29, 1.82) is 0 Å². The quantitative estimate of drug-likeness (QED) is 0.394. The summed E-state index contributed by atoms with van der Waals surface area (Å²) in [5.41, 5.74) is 4.66. The summed E-state index contributed by atoms with van der Waals surface area (Å²) in [7, 11) is 0. The highest BCUT2D eigenvalue weighted by Gasteiger charge is 2.29. The molecule has 0 saturated carbocycles. The molecule has 0 bridgehead atoms. The van der Waals surface area contributed by atoms with Gasteiger partial charge in [-0.05, 0) is 47.5 Å². The van der Waals surface area contributed by atoms with Crippen molar-refractivity contribution in [3.05, 3.63) is 98.5 Å². The second-order valence-corrected chi connectivity index (χ2v) is 9.68. The molecule has 3 nitrogen and oxygen atoms in total. The van der Waals surface area contributed by atoms with Gasteiger partial charge in [-0.15, -0.1) is 0 Å². The Hall–Kier alpha value is -1.88. The van der Waals surface area contributed by atoms with Gasteiger partial charge in [-0.2, -0.15) is 0 Å². The lowest BCUT2D eigenvalue weighted by Crippen LogP contribution is -2.48. The number of hydrogen-bond acceptors (Lipinski definition) is 3. The third-order valence-electron chi connectivity index (χ3n) is 6.39. The second kappa shape index (κ2) is 9.54. The Bertz CT molecular complexity index is 1060. The summed E-state index contributed by atoms with van der Waals surface area (Å²) in [6.07, 6.45) is 2.05. The molecule has 1 saturated heterocycles. The summed E-state index contributed by atoms with van der Waals surface area (Å²) in [5.74, 6) is 0.258. The maximum Gasteiger partial charge on any atom is 0.0679 e. The molecule has 0 spiro atoms. The van der Waals surface area contributed by atoms with Gasteiger partial charge in [-0.3, -0.25) is 14.8 Å². The molecule has 3 aromatic rings. The normalized spacial score (nSPS) is 18.9. The Balaban J connectivity index is 1.31. The number of piperazine rings is 1. The van der Waals surface area contributed by atoms with Gasteiger partial charge in [-0.1, -0.05) is 65.1 Å². The largest absolute Gasteiger partial charge is 0.300 e. The average Bonchev–Trinajstić information content (AvgIpc) is 3.22. The fourth-order valence-corrected chi connectivity index (χ4v) is 5.34. The van der Waals surface area contributed by atoms with Crippen LogP contribution in [0.5, 0.6) is 0 Å². The first-order chi connectivity index (χ1) is 15.6. The Labute approximate surface area is 204 Å². The molecule has 5 rings (SSSR count). The Morgan fingerprint density at radius 1 is 0.781 bits per heavy atom. The fourth-order valence-electron chi connectivity index (χ4n) is 4.78. The molecule has 0 aromatic heterocycles. The summed E-state index contributed by atoms with van der Waals surface area (Å²) in [4.78, 5) is 9.64. The minimum Gasteiger partial charge on any atom is -0.300 e. The van der Waals surface area contributed by atoms with Gasteiger partial charge >= 0.3 is 0 Å². The van der Waals surface area contributed by atoms with E-state index in [1.165, 1.54) is 11.1 Å². The molecule has 1 atom stereocenters. The van der Waals surface area contributed by atoms with Crippen molar-refractivity contribution >= 4 is 46.7 Å². The van der Waals surface area contributed by atoms with Gasteiger partial charge in [0.05, 0.1) is 11.7 Å². The van der Waals surface area contributed by atoms with Crippen molar-refractivity contribution in [3.63, 3.8) is 0 Å². The minimum absolute atomic E-state index is 0.176. The van der Waals surface area contributed by atoms with E-state index in [-0.39, 0.29) is 12.0 Å². The van der Waals surface area contributed by atoms with Gasteiger partial charge in [0, 0.05) is 65.5 Å². The number of benzene rings is 3. The second-order valence-electron chi connectivity index (χ2n) is 8.40. The van der Waals surface area contributed by atoms with Crippen LogP contribution in [-0.4, -0.2) is 48.7 Å². The van der Waals surface area contributed by atoms with E-state index in [4.69, 9.17) is 34.8 Å². The molecule has 32 heavy (non-hydrogen) atoms. The van der Waals surface area contributed by atoms with Gasteiger partial charge in [0.1, 0.15) is 0 Å². The van der Waals surface area contributed by atoms with Gasteiger partial charge in [0.2, 0.25) is 0 Å². The zero-order valence-corrected chi connectivity index (χ0v) is 19.9. The van der Waals surface area contributed by atoms with E-state index in [2.05, 4.69) is 39.1 Å². The Morgan fingerprint density at radius 3 is 1.97 bits per heavy atom. The van der Waals surface area contributed by atoms with E-state index < -0.39 is 0 Å². The molecule has 0 amide bonds. The van der Waals surface area contributed by atoms with Crippen molar-refractivity contribution in [2.45, 2.75) is 12.0 Å². The van der Waals surface area contributed by atoms with E-state index in [1.54, 1.807) is 0 Å². The third-order valence-corrected chi connectivity index (χ3v) is 7.23. The smallest absolute Gasteiger partial charge is 0.0679 e. The van der Waals surface area contributed by atoms with Crippen LogP contribution in [0, 0.1) is 0 Å². The van der Waals surface area contributed by atoms with Crippen LogP contribution in [0.15, 0.2) is 71.7 Å². The molecule has 0 aliphatic carbocycles. The van der Waals surface area contributed by atoms with Crippen LogP contribution in [0.1, 0.15) is 28.7 Å². The molecule has 164 valence electrons. The van der Waals surface area contributed by atoms with Gasteiger partial charge in [0.15, 0.2) is 0 Å². The van der Waals surface area contributed by atoms with E-state index in [0.29, 0.717) is 0 Å². The molecule has 0 N–H and O–H groups in total. The number of rotatable bonds is 5. The maximum atomic E-state index is 6.48. The molecular weight excluding hydrogens is 461 g/mol. The zero-order chi connectivity index (χ0) is 22.1. The molecule has 2 aliphatic rings. The van der Waals surface area contributed by atoms with Gasteiger partial charge in [-0.25, -0.2) is 0 Å². The summed E-state index contributed by atoms with van der Waals surface area (Å²) in [5, 5.41) is 2.32. The Kier molecular flexibility index (Phi) is 6.54. The number of halogens is 3. The molecular formula is C26H24Cl3N3. The van der Waals surface area contributed by atoms with Gasteiger partial charge in [0.25, 0.3) is 0 Å². The monoisotopic (exact) mass is 483 g/mol. The van der Waals surface area contributed by atoms with Crippen LogP contribution in [0.3, 0.4) is 0 Å². The van der Waals surface area contributed by atoms with Crippen molar-refractivity contribution in [2.75, 3.05) is 32.7 Å². The van der Waals surface area contributed by atoms with Crippen LogP contribution >= 0.6 is 34.8 Å². The molecule has 0 radical (unpaired) electrons. The highest BCUT2D eigenvalue weighted by Crippen LogP contribution is 2.38. The first kappa shape index (κ1) is 21.9. The number of nitrogens with zero attached hydrogens (tertiary/aromatic N) is 3. The van der Waals surface area contributed by atoms with E-state index >= 15 is 0 Å². The summed E-state index contributed by atoms with van der Waals surface area (Å²) in [6.45, 7) is 4.91. The van der Waals surface area contributed by atoms with Crippen LogP contribution < -0.4 is 0 Å². The number of fused-ring (bicyclic) bond motifs is 1. The van der Waals surface area contributed by atoms with Crippen LogP contribution in [-0.2, 0) is 0 Å². The molecule has 1 fully saturated rings. The highest BCUT2D eigenvalue weighted by molar-refractivity contribution is 6.32. The first-order valence-electron chi connectivity index (χ1n) is 10.9. The standard InChI is InChI=1S/C26H24Cl3N3/c27-21-8-4-18(5-9-21)26(19-6-10-22(28)11-7-19)32-14-12-31(13-15-32)17-20-16-30-24-3-1-2-23(29)25(20)24/h1-11,16,20,26H,12-15,17H2. The zero-order valence-electron chi connectivity index (χ0n) is 17.6. The van der Waals surface area contributed by atoms with Crippen LogP contribution in [0.2, 0.25) is 15.1 Å². The third kappa shape index (κ3) is 4.59. The fraction of sp³-hybridized carbons (Fsp3) is 0.269. The molecule has 3 aromatic carbocycles. The topological polar surface area (TPSA) is 18.8 Å². The van der Waals surface area contributed by atoms with Gasteiger partial charge < -0.3 is 0 Å². The molecule has 6 heteroatoms. The van der Waals surface area contributed by atoms with Crippen molar-refractivity contribution < 1.29 is 0 Å². The predicted molar refractivity (Wildman–Crippen MR) is 135 cm³/mol. The lowest BCUT2D eigenvalue weighted by molar-refractivity contribution is 0.109.